The number of nitrogens with one attached hydrogen (secondary N) is 3. The molecule has 1 heterocycles. The second kappa shape index (κ2) is 8.82. The fourth-order valence-corrected chi connectivity index (χ4v) is 2.85. The lowest BCUT2D eigenvalue weighted by molar-refractivity contribution is -0.857. The number of hydrogen-bond donors (Lipinski definition) is 3. The van der Waals surface area contributed by atoms with Crippen molar-refractivity contribution in [3.63, 3.8) is 0 Å². The maximum Gasteiger partial charge on any atom is 0.253 e. The van der Waals surface area contributed by atoms with E-state index >= 15 is 0 Å². The molecule has 1 aromatic carbocycles. The zero-order chi connectivity index (χ0) is 18.4. The molecule has 136 valence electrons. The highest BCUT2D eigenvalue weighted by atomic mass is 32.1. The number of fused-ring (bicyclic) bond motifs is 1. The number of nitrogens with zero attached hydrogens (tertiary/aromatic N) is 1. The van der Waals surface area contributed by atoms with Crippen LogP contribution in [0, 0.1) is 0 Å². The second-order valence-electron chi connectivity index (χ2n) is 6.29. The Morgan fingerprint density at radius 2 is 2.12 bits per heavy atom. The summed E-state index contributed by atoms with van der Waals surface area (Å²) in [7, 11) is 5.81. The molecule has 0 saturated carbocycles. The second-order valence-corrected chi connectivity index (χ2v) is 6.68. The summed E-state index contributed by atoms with van der Waals surface area (Å²) >= 11 is 5.47. The normalized spacial score (nSPS) is 10.9. The number of benzene rings is 1. The summed E-state index contributed by atoms with van der Waals surface area (Å²) in [4.78, 5) is 18.8. The predicted molar refractivity (Wildman–Crippen MR) is 105 cm³/mol. The molecule has 7 heteroatoms. The number of rotatable bonds is 7. The summed E-state index contributed by atoms with van der Waals surface area (Å²) in [6.45, 7) is 4.98. The third kappa shape index (κ3) is 5.17. The number of aromatic amines is 1. The number of hydrogen-bond acceptors (Lipinski definition) is 3. The Morgan fingerprint density at radius 1 is 1.36 bits per heavy atom. The van der Waals surface area contributed by atoms with Crippen molar-refractivity contribution in [1.29, 1.82) is 0 Å². The van der Waals surface area contributed by atoms with E-state index in [4.69, 9.17) is 17.0 Å². The maximum absolute atomic E-state index is 12.5. The quantitative estimate of drug-likeness (QED) is 0.621. The van der Waals surface area contributed by atoms with Gasteiger partial charge in [0, 0.05) is 18.2 Å². The molecule has 0 radical (unpaired) electrons. The number of pyridine rings is 1. The Bertz CT molecular complexity index is 788. The van der Waals surface area contributed by atoms with Gasteiger partial charge in [-0.2, -0.15) is 0 Å². The summed E-state index contributed by atoms with van der Waals surface area (Å²) in [5, 5.41) is 4.83. The SMILES string of the molecule is CCNC(=S)N(CC[NH+](C)C)Cc1cc2ccc(OC)cc2[nH]c1=O. The van der Waals surface area contributed by atoms with Crippen molar-refractivity contribution in [3.8, 4) is 5.75 Å². The molecule has 25 heavy (non-hydrogen) atoms. The molecule has 2 aromatic rings. The van der Waals surface area contributed by atoms with Crippen LogP contribution in [0.3, 0.4) is 0 Å². The standard InChI is InChI=1S/C18H26N4O2S/c1-5-19-18(25)22(9-8-21(2)3)12-14-10-13-6-7-15(24-4)11-16(13)20-17(14)23/h6-7,10-11H,5,8-9,12H2,1-4H3,(H,19,25)(H,20,23)/p+1. The predicted octanol–water partition coefficient (Wildman–Crippen LogP) is 0.378. The lowest BCUT2D eigenvalue weighted by atomic mass is 10.1. The van der Waals surface area contributed by atoms with Gasteiger partial charge in [-0.25, -0.2) is 0 Å². The van der Waals surface area contributed by atoms with Gasteiger partial charge >= 0.3 is 0 Å². The third-order valence-electron chi connectivity index (χ3n) is 3.99. The topological polar surface area (TPSA) is 61.8 Å². The van der Waals surface area contributed by atoms with Crippen LogP contribution in [0.5, 0.6) is 5.75 Å². The highest BCUT2D eigenvalue weighted by Gasteiger charge is 2.14. The van der Waals surface area contributed by atoms with Gasteiger partial charge in [0.2, 0.25) is 0 Å². The first-order valence-corrected chi connectivity index (χ1v) is 8.87. The van der Waals surface area contributed by atoms with Crippen LogP contribution in [0.15, 0.2) is 29.1 Å². The third-order valence-corrected chi connectivity index (χ3v) is 4.39. The van der Waals surface area contributed by atoms with Crippen molar-refractivity contribution in [2.45, 2.75) is 13.5 Å². The molecular weight excluding hydrogens is 336 g/mol. The Kier molecular flexibility index (Phi) is 6.78. The van der Waals surface area contributed by atoms with Crippen molar-refractivity contribution < 1.29 is 9.64 Å². The van der Waals surface area contributed by atoms with Gasteiger partial charge in [0.15, 0.2) is 5.11 Å². The Balaban J connectivity index is 2.29. The van der Waals surface area contributed by atoms with Gasteiger partial charge in [0.25, 0.3) is 5.56 Å². The average Bonchev–Trinajstić information content (AvgIpc) is 2.58. The summed E-state index contributed by atoms with van der Waals surface area (Å²) in [6.07, 6.45) is 0. The fraction of sp³-hybridized carbons (Fsp3) is 0.444. The van der Waals surface area contributed by atoms with E-state index < -0.39 is 0 Å². The highest BCUT2D eigenvalue weighted by Crippen LogP contribution is 2.18. The number of methoxy groups -OCH3 is 1. The van der Waals surface area contributed by atoms with Gasteiger partial charge in [-0.15, -0.1) is 0 Å². The first kappa shape index (κ1) is 19.2. The van der Waals surface area contributed by atoms with E-state index in [9.17, 15) is 4.79 Å². The minimum Gasteiger partial charge on any atom is -0.497 e. The molecule has 3 N–H and O–H groups in total. The van der Waals surface area contributed by atoms with Gasteiger partial charge in [0.05, 0.1) is 46.4 Å². The molecule has 0 unspecified atom stereocenters. The largest absolute Gasteiger partial charge is 0.497 e. The molecule has 0 aliphatic rings. The van der Waals surface area contributed by atoms with Crippen LogP contribution in [-0.4, -0.2) is 55.8 Å². The van der Waals surface area contributed by atoms with Crippen molar-refractivity contribution in [2.75, 3.05) is 40.8 Å². The van der Waals surface area contributed by atoms with E-state index in [-0.39, 0.29) is 5.56 Å². The molecule has 0 fully saturated rings. The van der Waals surface area contributed by atoms with Crippen LogP contribution >= 0.6 is 12.2 Å². The number of likely N-dealkylation sites (N-methyl/N-ethyl adjacent to an activating group) is 1. The van der Waals surface area contributed by atoms with Crippen molar-refractivity contribution in [3.05, 3.63) is 40.2 Å². The molecule has 1 aromatic heterocycles. The molecule has 0 aliphatic heterocycles. The van der Waals surface area contributed by atoms with Gasteiger partial charge in [-0.1, -0.05) is 0 Å². The van der Waals surface area contributed by atoms with Crippen LogP contribution in [0.1, 0.15) is 12.5 Å². The monoisotopic (exact) mass is 363 g/mol. The Labute approximate surface area is 153 Å². The van der Waals surface area contributed by atoms with Crippen LogP contribution in [0.4, 0.5) is 0 Å². The lowest BCUT2D eigenvalue weighted by Crippen LogP contribution is -3.06. The molecular formula is C18H27N4O2S+. The summed E-state index contributed by atoms with van der Waals surface area (Å²) < 4.78 is 5.21. The Hall–Kier alpha value is -2.12. The molecule has 0 amide bonds. The van der Waals surface area contributed by atoms with Gasteiger partial charge in [-0.3, -0.25) is 4.79 Å². The molecule has 0 bridgehead atoms. The van der Waals surface area contributed by atoms with Crippen molar-refractivity contribution in [2.24, 2.45) is 0 Å². The molecule has 0 atom stereocenters. The first-order valence-electron chi connectivity index (χ1n) is 8.46. The molecule has 0 saturated heterocycles. The lowest BCUT2D eigenvalue weighted by Gasteiger charge is -2.26. The number of aromatic nitrogens is 1. The van der Waals surface area contributed by atoms with Crippen LogP contribution in [0.2, 0.25) is 0 Å². The van der Waals surface area contributed by atoms with Crippen molar-refractivity contribution >= 4 is 28.2 Å². The van der Waals surface area contributed by atoms with E-state index in [2.05, 4.69) is 24.4 Å². The van der Waals surface area contributed by atoms with E-state index in [1.165, 1.54) is 4.90 Å². The average molecular weight is 364 g/mol. The van der Waals surface area contributed by atoms with Gasteiger partial charge in [-0.05, 0) is 42.7 Å². The van der Waals surface area contributed by atoms with Crippen molar-refractivity contribution in [1.82, 2.24) is 15.2 Å². The fourth-order valence-electron chi connectivity index (χ4n) is 2.55. The van der Waals surface area contributed by atoms with E-state index in [1.54, 1.807) is 7.11 Å². The number of ether oxygens (including phenoxy) is 1. The Morgan fingerprint density at radius 3 is 2.76 bits per heavy atom. The van der Waals surface area contributed by atoms with Crippen LogP contribution < -0.4 is 20.5 Å². The molecule has 0 aliphatic carbocycles. The van der Waals surface area contributed by atoms with Crippen LogP contribution in [0.25, 0.3) is 10.9 Å². The summed E-state index contributed by atoms with van der Waals surface area (Å²) in [5.41, 5.74) is 1.38. The highest BCUT2D eigenvalue weighted by molar-refractivity contribution is 7.80. The van der Waals surface area contributed by atoms with E-state index in [0.717, 1.165) is 36.3 Å². The van der Waals surface area contributed by atoms with Gasteiger partial charge in [0.1, 0.15) is 5.75 Å². The molecule has 0 spiro atoms. The van der Waals surface area contributed by atoms with E-state index in [0.29, 0.717) is 17.2 Å². The number of thiocarbonyl (C=S) groups is 1. The van der Waals surface area contributed by atoms with Crippen LogP contribution in [-0.2, 0) is 6.54 Å². The minimum absolute atomic E-state index is 0.0951. The smallest absolute Gasteiger partial charge is 0.253 e. The maximum atomic E-state index is 12.5. The molecule has 2 rings (SSSR count). The number of H-pyrrole nitrogens is 1. The molecule has 6 nitrogen and oxygen atoms in total. The summed E-state index contributed by atoms with van der Waals surface area (Å²) in [5.74, 6) is 0.722. The first-order chi connectivity index (χ1) is 11.9. The summed E-state index contributed by atoms with van der Waals surface area (Å²) in [6, 6.07) is 7.60. The zero-order valence-electron chi connectivity index (χ0n) is 15.3. The van der Waals surface area contributed by atoms with E-state index in [1.807, 2.05) is 36.1 Å². The minimum atomic E-state index is -0.0951. The van der Waals surface area contributed by atoms with Gasteiger partial charge < -0.3 is 24.8 Å². The zero-order valence-corrected chi connectivity index (χ0v) is 16.1. The number of quaternary nitrogens is 1.